The average molecular weight is 311 g/mol. The highest BCUT2D eigenvalue weighted by molar-refractivity contribution is 8.00. The molecule has 1 heterocycles. The molecule has 22 heavy (non-hydrogen) atoms. The van der Waals surface area contributed by atoms with Crippen LogP contribution in [0.25, 0.3) is 0 Å². The maximum absolute atomic E-state index is 12.6. The van der Waals surface area contributed by atoms with Crippen molar-refractivity contribution in [2.24, 2.45) is 0 Å². The van der Waals surface area contributed by atoms with Crippen LogP contribution in [0.1, 0.15) is 30.0 Å². The van der Waals surface area contributed by atoms with Crippen LogP contribution in [0.2, 0.25) is 0 Å². The summed E-state index contributed by atoms with van der Waals surface area (Å²) in [7, 11) is 0. The number of thioether (sulfide) groups is 1. The highest BCUT2D eigenvalue weighted by Gasteiger charge is 2.29. The molecule has 1 aliphatic rings. The van der Waals surface area contributed by atoms with Gasteiger partial charge in [-0.25, -0.2) is 0 Å². The summed E-state index contributed by atoms with van der Waals surface area (Å²) in [6.45, 7) is 2.96. The van der Waals surface area contributed by atoms with Crippen molar-refractivity contribution >= 4 is 17.7 Å². The van der Waals surface area contributed by atoms with E-state index in [1.54, 1.807) is 11.8 Å². The lowest BCUT2D eigenvalue weighted by Gasteiger charge is -2.25. The molecule has 114 valence electrons. The van der Waals surface area contributed by atoms with Gasteiger partial charge in [-0.05, 0) is 37.5 Å². The van der Waals surface area contributed by atoms with E-state index in [9.17, 15) is 4.79 Å². The maximum Gasteiger partial charge on any atom is 0.233 e. The van der Waals surface area contributed by atoms with Gasteiger partial charge in [-0.3, -0.25) is 4.79 Å². The smallest absolute Gasteiger partial charge is 0.233 e. The second-order valence-corrected chi connectivity index (χ2v) is 6.81. The molecular formula is C19H21NOS. The van der Waals surface area contributed by atoms with Crippen molar-refractivity contribution in [1.82, 2.24) is 4.90 Å². The van der Waals surface area contributed by atoms with Crippen LogP contribution in [0.4, 0.5) is 0 Å². The molecule has 0 spiro atoms. The molecule has 0 saturated carbocycles. The van der Waals surface area contributed by atoms with Gasteiger partial charge in [0, 0.05) is 11.4 Å². The number of hydrogen-bond donors (Lipinski definition) is 0. The van der Waals surface area contributed by atoms with Gasteiger partial charge in [-0.1, -0.05) is 48.0 Å². The minimum Gasteiger partial charge on any atom is -0.335 e. The molecule has 2 aromatic rings. The van der Waals surface area contributed by atoms with Crippen molar-refractivity contribution in [2.75, 3.05) is 12.3 Å². The van der Waals surface area contributed by atoms with Crippen LogP contribution in [0, 0.1) is 6.92 Å². The fraction of sp³-hybridized carbons (Fsp3) is 0.316. The lowest BCUT2D eigenvalue weighted by atomic mass is 10.0. The highest BCUT2D eigenvalue weighted by Crippen LogP contribution is 2.32. The van der Waals surface area contributed by atoms with E-state index in [0.717, 1.165) is 24.3 Å². The van der Waals surface area contributed by atoms with E-state index in [1.807, 2.05) is 6.07 Å². The first kappa shape index (κ1) is 15.2. The van der Waals surface area contributed by atoms with Crippen LogP contribution in [0.5, 0.6) is 0 Å². The van der Waals surface area contributed by atoms with Crippen LogP contribution in [0.15, 0.2) is 59.5 Å². The summed E-state index contributed by atoms with van der Waals surface area (Å²) in [4.78, 5) is 15.8. The van der Waals surface area contributed by atoms with Gasteiger partial charge < -0.3 is 4.90 Å². The van der Waals surface area contributed by atoms with E-state index < -0.39 is 0 Å². The Balaban J connectivity index is 1.62. The molecule has 2 nitrogen and oxygen atoms in total. The largest absolute Gasteiger partial charge is 0.335 e. The van der Waals surface area contributed by atoms with Crippen LogP contribution in [-0.2, 0) is 4.79 Å². The average Bonchev–Trinajstić information content (AvgIpc) is 3.04. The Labute approximate surface area is 136 Å². The Morgan fingerprint density at radius 3 is 2.59 bits per heavy atom. The van der Waals surface area contributed by atoms with Gasteiger partial charge >= 0.3 is 0 Å². The van der Waals surface area contributed by atoms with E-state index in [4.69, 9.17) is 0 Å². The number of likely N-dealkylation sites (tertiary alicyclic amines) is 1. The molecule has 1 fully saturated rings. The zero-order valence-corrected chi connectivity index (χ0v) is 13.7. The molecule has 0 aliphatic carbocycles. The number of carbonyl (C=O) groups excluding carboxylic acids is 1. The third-order valence-electron chi connectivity index (χ3n) is 4.14. The number of carbonyl (C=O) groups is 1. The second-order valence-electron chi connectivity index (χ2n) is 5.76. The first-order chi connectivity index (χ1) is 10.7. The quantitative estimate of drug-likeness (QED) is 0.777. The first-order valence-corrected chi connectivity index (χ1v) is 8.76. The van der Waals surface area contributed by atoms with E-state index in [0.29, 0.717) is 5.75 Å². The molecule has 1 amide bonds. The van der Waals surface area contributed by atoms with Crippen molar-refractivity contribution in [1.29, 1.82) is 0 Å². The van der Waals surface area contributed by atoms with Crippen molar-refractivity contribution in [2.45, 2.75) is 30.7 Å². The molecule has 0 bridgehead atoms. The Kier molecular flexibility index (Phi) is 4.84. The van der Waals surface area contributed by atoms with Crippen molar-refractivity contribution < 1.29 is 4.79 Å². The zero-order valence-electron chi connectivity index (χ0n) is 12.9. The molecule has 0 N–H and O–H groups in total. The molecule has 0 unspecified atom stereocenters. The van der Waals surface area contributed by atoms with Crippen molar-refractivity contribution in [3.8, 4) is 0 Å². The summed E-state index contributed by atoms with van der Waals surface area (Å²) in [5.74, 6) is 0.767. The Morgan fingerprint density at radius 1 is 1.14 bits per heavy atom. The van der Waals surface area contributed by atoms with Crippen molar-refractivity contribution in [3.05, 3.63) is 65.7 Å². The summed E-state index contributed by atoms with van der Waals surface area (Å²) in [5, 5.41) is 0. The highest BCUT2D eigenvalue weighted by atomic mass is 32.2. The molecule has 3 heteroatoms. The van der Waals surface area contributed by atoms with E-state index in [-0.39, 0.29) is 11.9 Å². The third kappa shape index (κ3) is 3.53. The minimum absolute atomic E-state index is 0.247. The number of amides is 1. The second kappa shape index (κ2) is 7.01. The molecule has 3 rings (SSSR count). The van der Waals surface area contributed by atoms with E-state index in [1.165, 1.54) is 11.1 Å². The van der Waals surface area contributed by atoms with Gasteiger partial charge in [0.2, 0.25) is 5.91 Å². The van der Waals surface area contributed by atoms with Gasteiger partial charge in [-0.2, -0.15) is 0 Å². The zero-order chi connectivity index (χ0) is 15.4. The fourth-order valence-corrected chi connectivity index (χ4v) is 3.73. The van der Waals surface area contributed by atoms with Gasteiger partial charge in [0.1, 0.15) is 0 Å². The summed E-state index contributed by atoms with van der Waals surface area (Å²) >= 11 is 1.63. The van der Waals surface area contributed by atoms with Crippen LogP contribution in [0.3, 0.4) is 0 Å². The summed E-state index contributed by atoms with van der Waals surface area (Å²) in [6, 6.07) is 19.0. The van der Waals surface area contributed by atoms with Gasteiger partial charge in [0.15, 0.2) is 0 Å². The molecule has 0 radical (unpaired) electrons. The van der Waals surface area contributed by atoms with E-state index in [2.05, 4.69) is 60.4 Å². The van der Waals surface area contributed by atoms with Crippen molar-refractivity contribution in [3.63, 3.8) is 0 Å². The van der Waals surface area contributed by atoms with Crippen LogP contribution in [-0.4, -0.2) is 23.1 Å². The third-order valence-corrected chi connectivity index (χ3v) is 5.14. The minimum atomic E-state index is 0.247. The molecule has 1 atom stereocenters. The number of rotatable bonds is 4. The lowest BCUT2D eigenvalue weighted by Crippen LogP contribution is -2.31. The maximum atomic E-state index is 12.6. The lowest BCUT2D eigenvalue weighted by molar-refractivity contribution is -0.129. The summed E-state index contributed by atoms with van der Waals surface area (Å²) < 4.78 is 0. The molecule has 0 aromatic heterocycles. The normalized spacial score (nSPS) is 17.7. The molecular weight excluding hydrogens is 290 g/mol. The van der Waals surface area contributed by atoms with Gasteiger partial charge in [0.25, 0.3) is 0 Å². The standard InChI is InChI=1S/C19H21NOS/c1-15-9-11-17(12-10-15)22-14-19(21)20-13-5-8-18(20)16-6-3-2-4-7-16/h2-4,6-7,9-12,18H,5,8,13-14H2,1H3/t18-/m0/s1. The SMILES string of the molecule is Cc1ccc(SCC(=O)N2CCC[C@H]2c2ccccc2)cc1. The Bertz CT molecular complexity index is 624. The number of nitrogens with zero attached hydrogens (tertiary/aromatic N) is 1. The summed E-state index contributed by atoms with van der Waals surface area (Å²) in [6.07, 6.45) is 2.17. The van der Waals surface area contributed by atoms with Crippen LogP contribution >= 0.6 is 11.8 Å². The predicted molar refractivity (Wildman–Crippen MR) is 92.0 cm³/mol. The van der Waals surface area contributed by atoms with E-state index >= 15 is 0 Å². The molecule has 1 saturated heterocycles. The Hall–Kier alpha value is -1.74. The Morgan fingerprint density at radius 2 is 1.86 bits per heavy atom. The molecule has 1 aliphatic heterocycles. The topological polar surface area (TPSA) is 20.3 Å². The number of hydrogen-bond acceptors (Lipinski definition) is 2. The predicted octanol–water partition coefficient (Wildman–Crippen LogP) is 4.45. The molecule has 2 aromatic carbocycles. The first-order valence-electron chi connectivity index (χ1n) is 7.78. The number of aryl methyl sites for hydroxylation is 1. The monoisotopic (exact) mass is 311 g/mol. The summed E-state index contributed by atoms with van der Waals surface area (Å²) in [5.41, 5.74) is 2.51. The fourth-order valence-electron chi connectivity index (χ4n) is 2.95. The van der Waals surface area contributed by atoms with Crippen LogP contribution < -0.4 is 0 Å². The number of benzene rings is 2. The van der Waals surface area contributed by atoms with Gasteiger partial charge in [0.05, 0.1) is 11.8 Å². The van der Waals surface area contributed by atoms with Gasteiger partial charge in [-0.15, -0.1) is 11.8 Å².